The molecule has 202 valence electrons. The van der Waals surface area contributed by atoms with Crippen LogP contribution in [0.4, 0.5) is 5.69 Å². The molecule has 6 nitrogen and oxygen atoms in total. The molecule has 0 bridgehead atoms. The highest BCUT2D eigenvalue weighted by Crippen LogP contribution is 2.22. The Hall–Kier alpha value is -2.76. The topological polar surface area (TPSA) is 65.1 Å². The van der Waals surface area contributed by atoms with Crippen LogP contribution in [0.5, 0.6) is 5.75 Å². The van der Waals surface area contributed by atoms with Gasteiger partial charge in [-0.25, -0.2) is 0 Å². The van der Waals surface area contributed by atoms with Gasteiger partial charge in [-0.15, -0.1) is 0 Å². The lowest BCUT2D eigenvalue weighted by atomic mass is 10.1. The highest BCUT2D eigenvalue weighted by Gasteiger charge is 2.16. The van der Waals surface area contributed by atoms with E-state index in [0.29, 0.717) is 12.3 Å². The zero-order chi connectivity index (χ0) is 26.3. The third-order valence-corrected chi connectivity index (χ3v) is 5.89. The van der Waals surface area contributed by atoms with E-state index in [-0.39, 0.29) is 13.1 Å². The first-order chi connectivity index (χ1) is 17.6. The summed E-state index contributed by atoms with van der Waals surface area (Å²) in [6.45, 7) is 2.80. The van der Waals surface area contributed by atoms with Gasteiger partial charge < -0.3 is 19.1 Å². The van der Waals surface area contributed by atoms with Crippen LogP contribution in [0.15, 0.2) is 48.6 Å². The summed E-state index contributed by atoms with van der Waals surface area (Å²) in [5.74, 6) is -0.132. The molecule has 1 aromatic rings. The maximum absolute atomic E-state index is 11.7. The third kappa shape index (κ3) is 16.0. The molecular formula is C30H47NO5. The predicted octanol–water partition coefficient (Wildman–Crippen LogP) is 7.03. The number of nitrogens with zero attached hydrogens (tertiary/aromatic N) is 1. The van der Waals surface area contributed by atoms with E-state index >= 15 is 0 Å². The minimum absolute atomic E-state index is 0.0407. The van der Waals surface area contributed by atoms with E-state index < -0.39 is 11.9 Å². The Morgan fingerprint density at radius 2 is 1.36 bits per heavy atom. The molecule has 0 aliphatic carbocycles. The van der Waals surface area contributed by atoms with E-state index in [4.69, 9.17) is 14.2 Å². The number of rotatable bonds is 21. The molecule has 36 heavy (non-hydrogen) atoms. The summed E-state index contributed by atoms with van der Waals surface area (Å²) in [4.78, 5) is 25.1. The molecule has 1 rings (SSSR count). The van der Waals surface area contributed by atoms with E-state index in [1.54, 1.807) is 4.90 Å². The van der Waals surface area contributed by atoms with Crippen LogP contribution in [0, 0.1) is 0 Å². The summed E-state index contributed by atoms with van der Waals surface area (Å²) in [7, 11) is 2.65. The number of methoxy groups -OCH3 is 2. The number of carbonyl (C=O) groups excluding carboxylic acids is 2. The van der Waals surface area contributed by atoms with Crippen molar-refractivity contribution in [2.75, 3.05) is 38.8 Å². The van der Waals surface area contributed by atoms with Crippen LogP contribution in [-0.4, -0.2) is 45.9 Å². The summed E-state index contributed by atoms with van der Waals surface area (Å²) in [6, 6.07) is 7.40. The maximum atomic E-state index is 11.7. The van der Waals surface area contributed by atoms with Gasteiger partial charge in [-0.2, -0.15) is 0 Å². The molecular weight excluding hydrogens is 454 g/mol. The van der Waals surface area contributed by atoms with E-state index in [9.17, 15) is 9.59 Å². The lowest BCUT2D eigenvalue weighted by Gasteiger charge is -2.22. The number of hydrogen-bond acceptors (Lipinski definition) is 6. The van der Waals surface area contributed by atoms with Gasteiger partial charge in [0, 0.05) is 11.8 Å². The standard InChI is InChI=1S/C30H47NO5/c1-4-5-6-7-8-9-10-11-12-13-14-15-16-17-18-19-23-36-28-22-20-21-27(24-28)31(25-29(32)34-2)26-30(33)35-3/h8-9,11-12,20-22,24H,4-7,10,13-19,23,25-26H2,1-3H3. The Balaban J connectivity index is 2.18. The molecule has 0 saturated heterocycles. The molecule has 0 amide bonds. The molecule has 0 aliphatic heterocycles. The van der Waals surface area contributed by atoms with Gasteiger partial charge >= 0.3 is 11.9 Å². The molecule has 0 atom stereocenters. The molecule has 0 heterocycles. The molecule has 0 spiro atoms. The summed E-state index contributed by atoms with van der Waals surface area (Å²) in [5, 5.41) is 0. The fourth-order valence-electron chi connectivity index (χ4n) is 3.73. The first-order valence-corrected chi connectivity index (χ1v) is 13.5. The molecule has 0 aromatic heterocycles. The van der Waals surface area contributed by atoms with Gasteiger partial charge in [0.05, 0.1) is 20.8 Å². The molecule has 0 aliphatic rings. The summed E-state index contributed by atoms with van der Waals surface area (Å²) in [5.41, 5.74) is 0.709. The average Bonchev–Trinajstić information content (AvgIpc) is 2.90. The molecule has 0 radical (unpaired) electrons. The molecule has 0 saturated carbocycles. The van der Waals surface area contributed by atoms with Crippen molar-refractivity contribution in [3.63, 3.8) is 0 Å². The number of unbranched alkanes of at least 4 members (excludes halogenated alkanes) is 9. The van der Waals surface area contributed by atoms with Gasteiger partial charge in [-0.3, -0.25) is 9.59 Å². The van der Waals surface area contributed by atoms with Crippen molar-refractivity contribution in [1.82, 2.24) is 0 Å². The number of carbonyl (C=O) groups is 2. The number of benzene rings is 1. The lowest BCUT2D eigenvalue weighted by Crippen LogP contribution is -2.35. The van der Waals surface area contributed by atoms with Gasteiger partial charge in [0.15, 0.2) is 0 Å². The first-order valence-electron chi connectivity index (χ1n) is 13.5. The summed E-state index contributed by atoms with van der Waals surface area (Å²) >= 11 is 0. The fourth-order valence-corrected chi connectivity index (χ4v) is 3.73. The Kier molecular flexibility index (Phi) is 18.7. The van der Waals surface area contributed by atoms with Crippen molar-refractivity contribution >= 4 is 17.6 Å². The number of allylic oxidation sites excluding steroid dienone is 4. The zero-order valence-corrected chi connectivity index (χ0v) is 22.7. The normalized spacial score (nSPS) is 11.2. The van der Waals surface area contributed by atoms with Gasteiger partial charge in [-0.05, 0) is 50.7 Å². The van der Waals surface area contributed by atoms with Gasteiger partial charge in [-0.1, -0.05) is 75.8 Å². The zero-order valence-electron chi connectivity index (χ0n) is 22.7. The average molecular weight is 502 g/mol. The Morgan fingerprint density at radius 3 is 1.97 bits per heavy atom. The van der Waals surface area contributed by atoms with Gasteiger partial charge in [0.1, 0.15) is 18.8 Å². The predicted molar refractivity (Wildman–Crippen MR) is 148 cm³/mol. The van der Waals surface area contributed by atoms with Crippen molar-refractivity contribution < 1.29 is 23.8 Å². The van der Waals surface area contributed by atoms with Crippen molar-refractivity contribution in [3.05, 3.63) is 48.6 Å². The van der Waals surface area contributed by atoms with Crippen molar-refractivity contribution in [3.8, 4) is 5.75 Å². The molecule has 0 fully saturated rings. The van der Waals surface area contributed by atoms with E-state index in [1.165, 1.54) is 72.0 Å². The number of ether oxygens (including phenoxy) is 3. The second-order valence-electron chi connectivity index (χ2n) is 8.94. The summed E-state index contributed by atoms with van der Waals surface area (Å²) in [6.07, 6.45) is 23.7. The van der Waals surface area contributed by atoms with Crippen LogP contribution >= 0.6 is 0 Å². The minimum atomic E-state index is -0.424. The molecule has 6 heteroatoms. The Labute approximate surface area is 218 Å². The van der Waals surface area contributed by atoms with E-state index in [2.05, 4.69) is 31.2 Å². The second kappa shape index (κ2) is 21.5. The maximum Gasteiger partial charge on any atom is 0.325 e. The smallest absolute Gasteiger partial charge is 0.325 e. The van der Waals surface area contributed by atoms with Crippen LogP contribution in [0.3, 0.4) is 0 Å². The van der Waals surface area contributed by atoms with Crippen molar-refractivity contribution in [2.24, 2.45) is 0 Å². The monoisotopic (exact) mass is 501 g/mol. The fraction of sp³-hybridized carbons (Fsp3) is 0.600. The quantitative estimate of drug-likeness (QED) is 0.102. The van der Waals surface area contributed by atoms with Gasteiger partial charge in [0.25, 0.3) is 0 Å². The molecule has 0 N–H and O–H groups in total. The second-order valence-corrected chi connectivity index (χ2v) is 8.94. The van der Waals surface area contributed by atoms with Crippen LogP contribution in [-0.2, 0) is 19.1 Å². The minimum Gasteiger partial charge on any atom is -0.494 e. The number of hydrogen-bond donors (Lipinski definition) is 0. The highest BCUT2D eigenvalue weighted by molar-refractivity contribution is 5.81. The number of anilines is 1. The van der Waals surface area contributed by atoms with Crippen LogP contribution < -0.4 is 9.64 Å². The Morgan fingerprint density at radius 1 is 0.778 bits per heavy atom. The highest BCUT2D eigenvalue weighted by atomic mass is 16.5. The van der Waals surface area contributed by atoms with Crippen molar-refractivity contribution in [2.45, 2.75) is 84.0 Å². The SMILES string of the molecule is CCCCCC=CCC=CCCCCCCCCOc1cccc(N(CC(=O)OC)CC(=O)OC)c1. The summed E-state index contributed by atoms with van der Waals surface area (Å²) < 4.78 is 15.4. The van der Waals surface area contributed by atoms with Crippen LogP contribution in [0.2, 0.25) is 0 Å². The number of esters is 2. The van der Waals surface area contributed by atoms with E-state index in [0.717, 1.165) is 25.0 Å². The van der Waals surface area contributed by atoms with Crippen LogP contribution in [0.1, 0.15) is 84.0 Å². The molecule has 1 aromatic carbocycles. The largest absolute Gasteiger partial charge is 0.494 e. The molecule has 0 unspecified atom stereocenters. The first kappa shape index (κ1) is 31.3. The lowest BCUT2D eigenvalue weighted by molar-refractivity contribution is -0.140. The van der Waals surface area contributed by atoms with Crippen molar-refractivity contribution in [1.29, 1.82) is 0 Å². The van der Waals surface area contributed by atoms with Gasteiger partial charge in [0.2, 0.25) is 0 Å². The van der Waals surface area contributed by atoms with E-state index in [1.807, 2.05) is 24.3 Å². The van der Waals surface area contributed by atoms with Crippen LogP contribution in [0.25, 0.3) is 0 Å². The third-order valence-electron chi connectivity index (χ3n) is 5.89. The Bertz CT molecular complexity index is 756.